The van der Waals surface area contributed by atoms with Crippen LogP contribution in [-0.4, -0.2) is 37.6 Å². The second-order valence-corrected chi connectivity index (χ2v) is 5.61. The zero-order chi connectivity index (χ0) is 14.3. The third-order valence-electron chi connectivity index (χ3n) is 3.92. The number of carbonyl (C=O) groups excluding carboxylic acids is 2. The number of hydrogen-bond acceptors (Lipinski definition) is 4. The molecule has 1 rings (SSSR count). The van der Waals surface area contributed by atoms with E-state index in [2.05, 4.69) is 15.4 Å². The summed E-state index contributed by atoms with van der Waals surface area (Å²) in [5.74, 6) is 0.215. The summed E-state index contributed by atoms with van der Waals surface area (Å²) >= 11 is 0. The highest BCUT2D eigenvalue weighted by Crippen LogP contribution is 2.19. The fraction of sp³-hybridized carbons (Fsp3) is 0.857. The van der Waals surface area contributed by atoms with E-state index in [9.17, 15) is 9.59 Å². The zero-order valence-corrected chi connectivity index (χ0v) is 12.3. The van der Waals surface area contributed by atoms with Crippen molar-refractivity contribution in [2.75, 3.05) is 20.2 Å². The standard InChI is InChI=1S/C14H26N2O3/c1-4-14(2,10-13(18)19-3)16-12(17)9-11-5-7-15-8-6-11/h11,15H,4-10H2,1-3H3,(H,16,17)/t14-/m1/s1. The first-order valence-corrected chi connectivity index (χ1v) is 7.07. The Morgan fingerprint density at radius 3 is 2.53 bits per heavy atom. The molecule has 5 heteroatoms. The van der Waals surface area contributed by atoms with Gasteiger partial charge in [0, 0.05) is 12.0 Å². The van der Waals surface area contributed by atoms with E-state index < -0.39 is 5.54 Å². The van der Waals surface area contributed by atoms with Crippen molar-refractivity contribution in [1.29, 1.82) is 0 Å². The van der Waals surface area contributed by atoms with Crippen LogP contribution in [0.25, 0.3) is 0 Å². The molecule has 0 bridgehead atoms. The summed E-state index contributed by atoms with van der Waals surface area (Å²) in [6.07, 6.45) is 3.58. The van der Waals surface area contributed by atoms with Crippen LogP contribution in [0, 0.1) is 5.92 Å². The topological polar surface area (TPSA) is 67.4 Å². The molecular formula is C14H26N2O3. The summed E-state index contributed by atoms with van der Waals surface area (Å²) in [5, 5.41) is 6.28. The van der Waals surface area contributed by atoms with Gasteiger partial charge in [-0.25, -0.2) is 0 Å². The van der Waals surface area contributed by atoms with Gasteiger partial charge < -0.3 is 15.4 Å². The molecule has 1 aliphatic heterocycles. The first-order chi connectivity index (χ1) is 8.99. The first-order valence-electron chi connectivity index (χ1n) is 7.07. The molecule has 1 aliphatic rings. The van der Waals surface area contributed by atoms with Gasteiger partial charge in [0.15, 0.2) is 0 Å². The highest BCUT2D eigenvalue weighted by atomic mass is 16.5. The molecule has 19 heavy (non-hydrogen) atoms. The van der Waals surface area contributed by atoms with Gasteiger partial charge in [0.1, 0.15) is 0 Å². The van der Waals surface area contributed by atoms with Crippen LogP contribution in [0.4, 0.5) is 0 Å². The Morgan fingerprint density at radius 1 is 1.37 bits per heavy atom. The van der Waals surface area contributed by atoms with Crippen molar-refractivity contribution in [3.63, 3.8) is 0 Å². The molecule has 1 saturated heterocycles. The van der Waals surface area contributed by atoms with Gasteiger partial charge >= 0.3 is 5.97 Å². The molecule has 0 spiro atoms. The third kappa shape index (κ3) is 5.59. The predicted octanol–water partition coefficient (Wildman–Crippen LogP) is 1.22. The lowest BCUT2D eigenvalue weighted by atomic mass is 9.91. The van der Waals surface area contributed by atoms with E-state index in [1.165, 1.54) is 7.11 Å². The number of esters is 1. The molecule has 1 heterocycles. The quantitative estimate of drug-likeness (QED) is 0.712. The maximum Gasteiger partial charge on any atom is 0.307 e. The summed E-state index contributed by atoms with van der Waals surface area (Å²) in [5.41, 5.74) is -0.503. The smallest absolute Gasteiger partial charge is 0.307 e. The molecule has 110 valence electrons. The van der Waals surface area contributed by atoms with Crippen molar-refractivity contribution in [2.45, 2.75) is 51.5 Å². The van der Waals surface area contributed by atoms with E-state index in [0.29, 0.717) is 18.8 Å². The summed E-state index contributed by atoms with van der Waals surface area (Å²) in [6.45, 7) is 5.84. The number of methoxy groups -OCH3 is 1. The Kier molecular flexibility index (Phi) is 6.28. The van der Waals surface area contributed by atoms with Crippen LogP contribution in [0.5, 0.6) is 0 Å². The van der Waals surface area contributed by atoms with Crippen molar-refractivity contribution in [2.24, 2.45) is 5.92 Å². The molecule has 0 unspecified atom stereocenters. The van der Waals surface area contributed by atoms with E-state index in [1.54, 1.807) is 0 Å². The van der Waals surface area contributed by atoms with Gasteiger partial charge in [0.05, 0.1) is 13.5 Å². The Bertz CT molecular complexity index is 314. The second kappa shape index (κ2) is 7.48. The molecule has 5 nitrogen and oxygen atoms in total. The van der Waals surface area contributed by atoms with Gasteiger partial charge in [-0.1, -0.05) is 6.92 Å². The molecule has 1 amide bonds. The Balaban J connectivity index is 2.44. The SMILES string of the molecule is CC[C@](C)(CC(=O)OC)NC(=O)CC1CCNCC1. The molecule has 0 aliphatic carbocycles. The molecular weight excluding hydrogens is 244 g/mol. The Morgan fingerprint density at radius 2 is 2.00 bits per heavy atom. The van der Waals surface area contributed by atoms with Gasteiger partial charge in [-0.2, -0.15) is 0 Å². The molecule has 0 aromatic heterocycles. The molecule has 0 aromatic carbocycles. The normalized spacial score (nSPS) is 19.5. The first kappa shape index (κ1) is 16.0. The monoisotopic (exact) mass is 270 g/mol. The summed E-state index contributed by atoms with van der Waals surface area (Å²) in [4.78, 5) is 23.4. The molecule has 0 radical (unpaired) electrons. The lowest BCUT2D eigenvalue weighted by molar-refractivity contribution is -0.142. The lowest BCUT2D eigenvalue weighted by Crippen LogP contribution is -2.48. The van der Waals surface area contributed by atoms with Gasteiger partial charge in [0.25, 0.3) is 0 Å². The molecule has 1 atom stereocenters. The highest BCUT2D eigenvalue weighted by molar-refractivity contribution is 5.78. The highest BCUT2D eigenvalue weighted by Gasteiger charge is 2.29. The second-order valence-electron chi connectivity index (χ2n) is 5.61. The Hall–Kier alpha value is -1.10. The van der Waals surface area contributed by atoms with Crippen molar-refractivity contribution in [3.8, 4) is 0 Å². The van der Waals surface area contributed by atoms with Crippen molar-refractivity contribution in [1.82, 2.24) is 10.6 Å². The zero-order valence-electron chi connectivity index (χ0n) is 12.3. The van der Waals surface area contributed by atoms with E-state index in [1.807, 2.05) is 13.8 Å². The third-order valence-corrected chi connectivity index (χ3v) is 3.92. The molecule has 2 N–H and O–H groups in total. The van der Waals surface area contributed by atoms with Crippen molar-refractivity contribution in [3.05, 3.63) is 0 Å². The van der Waals surface area contributed by atoms with Crippen LogP contribution in [0.3, 0.4) is 0 Å². The number of piperidine rings is 1. The maximum absolute atomic E-state index is 12.1. The lowest BCUT2D eigenvalue weighted by Gasteiger charge is -2.30. The summed E-state index contributed by atoms with van der Waals surface area (Å²) in [7, 11) is 1.37. The summed E-state index contributed by atoms with van der Waals surface area (Å²) in [6, 6.07) is 0. The fourth-order valence-corrected chi connectivity index (χ4v) is 2.38. The molecule has 0 aromatic rings. The van der Waals surface area contributed by atoms with Gasteiger partial charge in [-0.3, -0.25) is 9.59 Å². The van der Waals surface area contributed by atoms with Crippen molar-refractivity contribution < 1.29 is 14.3 Å². The van der Waals surface area contributed by atoms with Gasteiger partial charge in [-0.05, 0) is 45.2 Å². The van der Waals surface area contributed by atoms with Crippen LogP contribution in [0.2, 0.25) is 0 Å². The van der Waals surface area contributed by atoms with Crippen LogP contribution >= 0.6 is 0 Å². The van der Waals surface area contributed by atoms with Crippen molar-refractivity contribution >= 4 is 11.9 Å². The number of amides is 1. The van der Waals surface area contributed by atoms with Crippen LogP contribution in [0.15, 0.2) is 0 Å². The Labute approximate surface area is 115 Å². The average Bonchev–Trinajstić information content (AvgIpc) is 2.39. The van der Waals surface area contributed by atoms with Gasteiger partial charge in [0.2, 0.25) is 5.91 Å². The number of nitrogens with one attached hydrogen (secondary N) is 2. The number of ether oxygens (including phenoxy) is 1. The summed E-state index contributed by atoms with van der Waals surface area (Å²) < 4.78 is 4.68. The van der Waals surface area contributed by atoms with Gasteiger partial charge in [-0.15, -0.1) is 0 Å². The van der Waals surface area contributed by atoms with E-state index >= 15 is 0 Å². The number of rotatable bonds is 6. The largest absolute Gasteiger partial charge is 0.469 e. The maximum atomic E-state index is 12.1. The predicted molar refractivity (Wildman–Crippen MR) is 73.7 cm³/mol. The van der Waals surface area contributed by atoms with Crippen LogP contribution < -0.4 is 10.6 Å². The number of hydrogen-bond donors (Lipinski definition) is 2. The minimum atomic E-state index is -0.503. The molecule has 1 fully saturated rings. The van der Waals surface area contributed by atoms with Crippen LogP contribution in [-0.2, 0) is 14.3 Å². The van der Waals surface area contributed by atoms with E-state index in [4.69, 9.17) is 0 Å². The molecule has 0 saturated carbocycles. The van der Waals surface area contributed by atoms with E-state index in [0.717, 1.165) is 25.9 Å². The minimum Gasteiger partial charge on any atom is -0.469 e. The fourth-order valence-electron chi connectivity index (χ4n) is 2.38. The van der Waals surface area contributed by atoms with Crippen LogP contribution in [0.1, 0.15) is 46.0 Å². The minimum absolute atomic E-state index is 0.0418. The average molecular weight is 270 g/mol. The van der Waals surface area contributed by atoms with E-state index in [-0.39, 0.29) is 18.3 Å². The number of carbonyl (C=O) groups is 2.